The van der Waals surface area contributed by atoms with Gasteiger partial charge < -0.3 is 10.5 Å². The van der Waals surface area contributed by atoms with Gasteiger partial charge in [0.25, 0.3) is 0 Å². The molecule has 0 bridgehead atoms. The molecule has 100 valence electrons. The number of aryl methyl sites for hydroxylation is 2. The number of hydrogen-bond donors (Lipinski definition) is 1. The molecular weight excluding hydrogens is 234 g/mol. The molecule has 19 heavy (non-hydrogen) atoms. The molecule has 0 saturated heterocycles. The van der Waals surface area contributed by atoms with E-state index in [9.17, 15) is 0 Å². The first-order chi connectivity index (χ1) is 9.11. The van der Waals surface area contributed by atoms with E-state index in [1.54, 1.807) is 7.11 Å². The molecule has 0 fully saturated rings. The van der Waals surface area contributed by atoms with Crippen LogP contribution in [0.4, 0.5) is 0 Å². The van der Waals surface area contributed by atoms with Gasteiger partial charge in [0.15, 0.2) is 0 Å². The smallest absolute Gasteiger partial charge is 0.121 e. The number of hydrogen-bond acceptors (Lipinski definition) is 2. The minimum Gasteiger partial charge on any atom is -0.496 e. The van der Waals surface area contributed by atoms with Crippen LogP contribution in [0.2, 0.25) is 0 Å². The first-order valence-corrected chi connectivity index (χ1v) is 6.56. The SMILES string of the molecule is COc1ccc(C(N)Cc2ccccc2C)cc1C. The maximum atomic E-state index is 6.32. The first-order valence-electron chi connectivity index (χ1n) is 6.56. The molecule has 1 atom stereocenters. The Hall–Kier alpha value is -1.80. The summed E-state index contributed by atoms with van der Waals surface area (Å²) in [6, 6.07) is 14.6. The van der Waals surface area contributed by atoms with E-state index >= 15 is 0 Å². The van der Waals surface area contributed by atoms with Crippen molar-refractivity contribution in [3.8, 4) is 5.75 Å². The zero-order chi connectivity index (χ0) is 13.8. The highest BCUT2D eigenvalue weighted by Gasteiger charge is 2.10. The summed E-state index contributed by atoms with van der Waals surface area (Å²) in [6.07, 6.45) is 0.860. The summed E-state index contributed by atoms with van der Waals surface area (Å²) in [5.74, 6) is 0.909. The molecule has 0 aromatic heterocycles. The first kappa shape index (κ1) is 13.6. The van der Waals surface area contributed by atoms with Crippen molar-refractivity contribution in [2.45, 2.75) is 26.3 Å². The molecule has 0 aliphatic carbocycles. The monoisotopic (exact) mass is 255 g/mol. The van der Waals surface area contributed by atoms with Crippen molar-refractivity contribution in [3.05, 3.63) is 64.7 Å². The summed E-state index contributed by atoms with van der Waals surface area (Å²) in [5, 5.41) is 0. The van der Waals surface area contributed by atoms with Crippen molar-refractivity contribution >= 4 is 0 Å². The lowest BCUT2D eigenvalue weighted by Gasteiger charge is -2.15. The van der Waals surface area contributed by atoms with E-state index < -0.39 is 0 Å². The Morgan fingerprint density at radius 1 is 1.05 bits per heavy atom. The van der Waals surface area contributed by atoms with Crippen molar-refractivity contribution in [2.24, 2.45) is 5.73 Å². The molecule has 0 aliphatic rings. The maximum absolute atomic E-state index is 6.32. The van der Waals surface area contributed by atoms with Gasteiger partial charge in [0, 0.05) is 6.04 Å². The topological polar surface area (TPSA) is 35.2 Å². The van der Waals surface area contributed by atoms with Gasteiger partial charge in [-0.25, -0.2) is 0 Å². The summed E-state index contributed by atoms with van der Waals surface area (Å²) in [4.78, 5) is 0. The van der Waals surface area contributed by atoms with Crippen LogP contribution in [0, 0.1) is 13.8 Å². The second-order valence-corrected chi connectivity index (χ2v) is 4.97. The van der Waals surface area contributed by atoms with Crippen molar-refractivity contribution in [3.63, 3.8) is 0 Å². The molecule has 0 spiro atoms. The van der Waals surface area contributed by atoms with Gasteiger partial charge in [-0.05, 0) is 48.6 Å². The number of rotatable bonds is 4. The van der Waals surface area contributed by atoms with Crippen molar-refractivity contribution in [1.82, 2.24) is 0 Å². The van der Waals surface area contributed by atoms with E-state index in [2.05, 4.69) is 43.3 Å². The average Bonchev–Trinajstić information content (AvgIpc) is 2.41. The van der Waals surface area contributed by atoms with Gasteiger partial charge in [-0.1, -0.05) is 36.4 Å². The van der Waals surface area contributed by atoms with Gasteiger partial charge in [-0.3, -0.25) is 0 Å². The van der Waals surface area contributed by atoms with Crippen LogP contribution in [0.15, 0.2) is 42.5 Å². The fourth-order valence-electron chi connectivity index (χ4n) is 2.33. The van der Waals surface area contributed by atoms with Crippen LogP contribution in [-0.2, 0) is 6.42 Å². The van der Waals surface area contributed by atoms with Crippen molar-refractivity contribution in [1.29, 1.82) is 0 Å². The standard InChI is InChI=1S/C17H21NO/c1-12-6-4-5-7-14(12)11-16(18)15-8-9-17(19-3)13(2)10-15/h4-10,16H,11,18H2,1-3H3. The van der Waals surface area contributed by atoms with Gasteiger partial charge in [0.05, 0.1) is 7.11 Å². The Balaban J connectivity index is 2.18. The third-order valence-corrected chi connectivity index (χ3v) is 3.55. The largest absolute Gasteiger partial charge is 0.496 e. The summed E-state index contributed by atoms with van der Waals surface area (Å²) in [5.41, 5.74) is 11.2. The van der Waals surface area contributed by atoms with Crippen LogP contribution < -0.4 is 10.5 Å². The number of nitrogens with two attached hydrogens (primary N) is 1. The second-order valence-electron chi connectivity index (χ2n) is 4.97. The van der Waals surface area contributed by atoms with Crippen molar-refractivity contribution in [2.75, 3.05) is 7.11 Å². The van der Waals surface area contributed by atoms with Gasteiger partial charge in [0.2, 0.25) is 0 Å². The highest BCUT2D eigenvalue weighted by atomic mass is 16.5. The molecule has 2 nitrogen and oxygen atoms in total. The van der Waals surface area contributed by atoms with Crippen LogP contribution in [-0.4, -0.2) is 7.11 Å². The molecule has 0 aliphatic heterocycles. The minimum atomic E-state index is 0.0192. The number of methoxy groups -OCH3 is 1. The third-order valence-electron chi connectivity index (χ3n) is 3.55. The van der Waals surface area contributed by atoms with Gasteiger partial charge in [0.1, 0.15) is 5.75 Å². The molecular formula is C17H21NO. The molecule has 1 unspecified atom stereocenters. The summed E-state index contributed by atoms with van der Waals surface area (Å²) < 4.78 is 5.28. The normalized spacial score (nSPS) is 12.2. The highest BCUT2D eigenvalue weighted by Crippen LogP contribution is 2.24. The van der Waals surface area contributed by atoms with E-state index in [4.69, 9.17) is 10.5 Å². The van der Waals surface area contributed by atoms with Crippen LogP contribution in [0.25, 0.3) is 0 Å². The Morgan fingerprint density at radius 3 is 2.42 bits per heavy atom. The fourth-order valence-corrected chi connectivity index (χ4v) is 2.33. The molecule has 2 N–H and O–H groups in total. The Morgan fingerprint density at radius 2 is 1.79 bits per heavy atom. The molecule has 2 aromatic rings. The third kappa shape index (κ3) is 3.15. The Bertz CT molecular complexity index is 563. The zero-order valence-electron chi connectivity index (χ0n) is 11.8. The predicted molar refractivity (Wildman–Crippen MR) is 79.5 cm³/mol. The number of benzene rings is 2. The van der Waals surface area contributed by atoms with Gasteiger partial charge >= 0.3 is 0 Å². The van der Waals surface area contributed by atoms with E-state index in [-0.39, 0.29) is 6.04 Å². The van der Waals surface area contributed by atoms with Gasteiger partial charge in [-0.2, -0.15) is 0 Å². The molecule has 2 aromatic carbocycles. The van der Waals surface area contributed by atoms with Gasteiger partial charge in [-0.15, -0.1) is 0 Å². The average molecular weight is 255 g/mol. The van der Waals surface area contributed by atoms with E-state index in [0.717, 1.165) is 23.3 Å². The highest BCUT2D eigenvalue weighted by molar-refractivity contribution is 5.38. The van der Waals surface area contributed by atoms with Crippen LogP contribution >= 0.6 is 0 Å². The second kappa shape index (κ2) is 5.89. The van der Waals surface area contributed by atoms with Crippen LogP contribution in [0.5, 0.6) is 5.75 Å². The molecule has 0 radical (unpaired) electrons. The molecule has 0 heterocycles. The lowest BCUT2D eigenvalue weighted by atomic mass is 9.96. The summed E-state index contributed by atoms with van der Waals surface area (Å²) >= 11 is 0. The van der Waals surface area contributed by atoms with Crippen LogP contribution in [0.1, 0.15) is 28.3 Å². The molecule has 2 heteroatoms. The quantitative estimate of drug-likeness (QED) is 0.906. The lowest BCUT2D eigenvalue weighted by molar-refractivity contribution is 0.411. The molecule has 2 rings (SSSR count). The molecule has 0 amide bonds. The fraction of sp³-hybridized carbons (Fsp3) is 0.294. The van der Waals surface area contributed by atoms with E-state index in [0.29, 0.717) is 0 Å². The predicted octanol–water partition coefficient (Wildman–Crippen LogP) is 3.55. The lowest BCUT2D eigenvalue weighted by Crippen LogP contribution is -2.14. The Labute approximate surface area is 115 Å². The Kier molecular flexibility index (Phi) is 4.23. The summed E-state index contributed by atoms with van der Waals surface area (Å²) in [7, 11) is 1.69. The van der Waals surface area contributed by atoms with Crippen molar-refractivity contribution < 1.29 is 4.74 Å². The number of ether oxygens (including phenoxy) is 1. The maximum Gasteiger partial charge on any atom is 0.121 e. The van der Waals surface area contributed by atoms with E-state index in [1.165, 1.54) is 11.1 Å². The zero-order valence-corrected chi connectivity index (χ0v) is 11.8. The molecule has 0 saturated carbocycles. The summed E-state index contributed by atoms with van der Waals surface area (Å²) in [6.45, 7) is 4.17. The van der Waals surface area contributed by atoms with E-state index in [1.807, 2.05) is 13.0 Å². The minimum absolute atomic E-state index is 0.0192. The van der Waals surface area contributed by atoms with Crippen LogP contribution in [0.3, 0.4) is 0 Å².